The number of carbonyl (C=O) groups excluding carboxylic acids is 2. The first kappa shape index (κ1) is 27.4. The van der Waals surface area contributed by atoms with Gasteiger partial charge >= 0.3 is 0 Å². The van der Waals surface area contributed by atoms with Crippen LogP contribution in [0.4, 0.5) is 4.39 Å². The number of ether oxygens (including phenoxy) is 1. The van der Waals surface area contributed by atoms with Crippen molar-refractivity contribution >= 4 is 17.4 Å². The minimum Gasteiger partial charge on any atom is -0.507 e. The van der Waals surface area contributed by atoms with Crippen LogP contribution in [-0.4, -0.2) is 59.9 Å². The van der Waals surface area contributed by atoms with E-state index in [1.54, 1.807) is 36.4 Å². The van der Waals surface area contributed by atoms with E-state index in [-0.39, 0.29) is 11.3 Å². The number of Topliss-reactive ketones (excluding diaryl/α,β-unsaturated/α-hetero) is 1. The monoisotopic (exact) mass is 496 g/mol. The van der Waals surface area contributed by atoms with Crippen molar-refractivity contribution in [2.24, 2.45) is 0 Å². The molecule has 1 saturated heterocycles. The van der Waals surface area contributed by atoms with Crippen LogP contribution in [0.15, 0.2) is 54.1 Å². The van der Waals surface area contributed by atoms with Gasteiger partial charge in [0.1, 0.15) is 17.3 Å². The van der Waals surface area contributed by atoms with Crippen LogP contribution in [0, 0.1) is 5.82 Å². The van der Waals surface area contributed by atoms with Gasteiger partial charge in [-0.05, 0) is 80.9 Å². The molecule has 2 aromatic rings. The fraction of sp³-hybridized carbons (Fsp3) is 0.448. The quantitative estimate of drug-likeness (QED) is 0.224. The highest BCUT2D eigenvalue weighted by Gasteiger charge is 2.45. The van der Waals surface area contributed by atoms with Gasteiger partial charge in [-0.25, -0.2) is 4.39 Å². The molecule has 0 aromatic heterocycles. The molecule has 1 fully saturated rings. The van der Waals surface area contributed by atoms with Crippen LogP contribution in [-0.2, 0) is 9.59 Å². The number of aliphatic hydroxyl groups excluding tert-OH is 1. The van der Waals surface area contributed by atoms with Gasteiger partial charge in [0.15, 0.2) is 0 Å². The molecule has 6 nitrogen and oxygen atoms in total. The number of ketones is 1. The molecule has 1 amide bonds. The normalized spacial score (nSPS) is 17.2. The van der Waals surface area contributed by atoms with Crippen LogP contribution in [0.25, 0.3) is 5.76 Å². The molecule has 2 aromatic carbocycles. The molecule has 1 N–H and O–H groups in total. The molecule has 194 valence electrons. The Morgan fingerprint density at radius 2 is 1.64 bits per heavy atom. The van der Waals surface area contributed by atoms with Gasteiger partial charge in [-0.15, -0.1) is 0 Å². The van der Waals surface area contributed by atoms with Crippen LogP contribution in [0.5, 0.6) is 5.75 Å². The Hall–Kier alpha value is -3.19. The lowest BCUT2D eigenvalue weighted by Crippen LogP contribution is -2.34. The molecule has 3 rings (SSSR count). The van der Waals surface area contributed by atoms with E-state index in [2.05, 4.69) is 18.7 Å². The third-order valence-electron chi connectivity index (χ3n) is 6.60. The molecule has 1 aliphatic rings. The molecule has 36 heavy (non-hydrogen) atoms. The summed E-state index contributed by atoms with van der Waals surface area (Å²) in [6.07, 6.45) is 5.12. The molecule has 0 spiro atoms. The predicted octanol–water partition coefficient (Wildman–Crippen LogP) is 5.55. The van der Waals surface area contributed by atoms with E-state index in [1.807, 2.05) is 0 Å². The van der Waals surface area contributed by atoms with E-state index >= 15 is 0 Å². The van der Waals surface area contributed by atoms with Crippen molar-refractivity contribution in [2.75, 3.05) is 33.3 Å². The Labute approximate surface area is 213 Å². The van der Waals surface area contributed by atoms with Crippen LogP contribution in [0.1, 0.15) is 63.1 Å². The minimum atomic E-state index is -0.859. The summed E-state index contributed by atoms with van der Waals surface area (Å²) in [5, 5.41) is 11.1. The third kappa shape index (κ3) is 6.52. The fourth-order valence-electron chi connectivity index (χ4n) is 4.60. The second-order valence-corrected chi connectivity index (χ2v) is 9.18. The molecule has 1 atom stereocenters. The Morgan fingerprint density at radius 1 is 1.00 bits per heavy atom. The first-order valence-corrected chi connectivity index (χ1v) is 12.8. The zero-order valence-corrected chi connectivity index (χ0v) is 21.5. The lowest BCUT2D eigenvalue weighted by Gasteiger charge is -2.27. The standard InChI is InChI=1S/C29H37FN2O4/c1-4-6-16-31(17-7-5-2)18-9-19-32-26(22-10-8-11-23(30)20-22)25(28(34)29(32)35)27(33)21-12-14-24(36-3)15-13-21/h8,10-15,20,26,33H,4-7,9,16-19H2,1-3H3. The van der Waals surface area contributed by atoms with Gasteiger partial charge in [-0.2, -0.15) is 0 Å². The predicted molar refractivity (Wildman–Crippen MR) is 139 cm³/mol. The van der Waals surface area contributed by atoms with Gasteiger partial charge in [0.25, 0.3) is 11.7 Å². The van der Waals surface area contributed by atoms with Crippen LogP contribution < -0.4 is 4.74 Å². The second-order valence-electron chi connectivity index (χ2n) is 9.18. The van der Waals surface area contributed by atoms with Crippen molar-refractivity contribution in [2.45, 2.75) is 52.0 Å². The third-order valence-corrected chi connectivity index (χ3v) is 6.60. The summed E-state index contributed by atoms with van der Waals surface area (Å²) in [7, 11) is 1.54. The molecule has 0 bridgehead atoms. The Bertz CT molecular complexity index is 1060. The van der Waals surface area contributed by atoms with Crippen molar-refractivity contribution < 1.29 is 23.8 Å². The highest BCUT2D eigenvalue weighted by molar-refractivity contribution is 6.46. The maximum absolute atomic E-state index is 14.2. The van der Waals surface area contributed by atoms with Crippen molar-refractivity contribution in [3.05, 3.63) is 71.0 Å². The fourth-order valence-corrected chi connectivity index (χ4v) is 4.60. The molecule has 1 heterocycles. The first-order valence-electron chi connectivity index (χ1n) is 12.8. The molecule has 7 heteroatoms. The maximum Gasteiger partial charge on any atom is 0.295 e. The van der Waals surface area contributed by atoms with E-state index in [0.717, 1.165) is 45.3 Å². The molecule has 1 unspecified atom stereocenters. The summed E-state index contributed by atoms with van der Waals surface area (Å²) in [6, 6.07) is 11.6. The molecule has 0 saturated carbocycles. The number of likely N-dealkylation sites (tertiary alicyclic amines) is 1. The van der Waals surface area contributed by atoms with Gasteiger partial charge in [0.2, 0.25) is 0 Å². The summed E-state index contributed by atoms with van der Waals surface area (Å²) < 4.78 is 19.4. The van der Waals surface area contributed by atoms with Crippen LogP contribution in [0.2, 0.25) is 0 Å². The number of hydrogen-bond acceptors (Lipinski definition) is 5. The van der Waals surface area contributed by atoms with E-state index in [0.29, 0.717) is 29.8 Å². The lowest BCUT2D eigenvalue weighted by molar-refractivity contribution is -0.140. The Morgan fingerprint density at radius 3 is 2.22 bits per heavy atom. The molecule has 1 aliphatic heterocycles. The van der Waals surface area contributed by atoms with Crippen molar-refractivity contribution in [1.29, 1.82) is 0 Å². The minimum absolute atomic E-state index is 0.0235. The largest absolute Gasteiger partial charge is 0.507 e. The van der Waals surface area contributed by atoms with Crippen LogP contribution in [0.3, 0.4) is 0 Å². The smallest absolute Gasteiger partial charge is 0.295 e. The summed E-state index contributed by atoms with van der Waals surface area (Å²) in [5.41, 5.74) is 0.822. The zero-order valence-electron chi connectivity index (χ0n) is 21.5. The van der Waals surface area contributed by atoms with Crippen molar-refractivity contribution in [3.8, 4) is 5.75 Å². The average Bonchev–Trinajstić information content (AvgIpc) is 3.14. The first-order chi connectivity index (χ1) is 17.4. The number of carbonyl (C=O) groups is 2. The van der Waals surface area contributed by atoms with Gasteiger partial charge in [-0.3, -0.25) is 9.59 Å². The molecule has 0 aliphatic carbocycles. The Balaban J connectivity index is 1.91. The summed E-state index contributed by atoms with van der Waals surface area (Å²) in [5.74, 6) is -1.57. The number of unbranched alkanes of at least 4 members (excludes halogenated alkanes) is 2. The van der Waals surface area contributed by atoms with Crippen LogP contribution >= 0.6 is 0 Å². The number of methoxy groups -OCH3 is 1. The maximum atomic E-state index is 14.2. The van der Waals surface area contributed by atoms with E-state index < -0.39 is 23.5 Å². The highest BCUT2D eigenvalue weighted by atomic mass is 19.1. The number of nitrogens with zero attached hydrogens (tertiary/aromatic N) is 2. The van der Waals surface area contributed by atoms with E-state index in [9.17, 15) is 19.1 Å². The average molecular weight is 497 g/mol. The van der Waals surface area contributed by atoms with Gasteiger partial charge < -0.3 is 19.6 Å². The van der Waals surface area contributed by atoms with E-state index in [1.165, 1.54) is 24.1 Å². The Kier molecular flexibility index (Phi) is 10.1. The number of amides is 1. The summed E-state index contributed by atoms with van der Waals surface area (Å²) in [6.45, 7) is 7.47. The van der Waals surface area contributed by atoms with E-state index in [4.69, 9.17) is 4.74 Å². The number of halogens is 1. The van der Waals surface area contributed by atoms with Crippen molar-refractivity contribution in [3.63, 3.8) is 0 Å². The summed E-state index contributed by atoms with van der Waals surface area (Å²) in [4.78, 5) is 30.2. The van der Waals surface area contributed by atoms with Gasteiger partial charge in [0.05, 0.1) is 18.7 Å². The number of hydrogen-bond donors (Lipinski definition) is 1. The number of benzene rings is 2. The number of rotatable bonds is 13. The number of aliphatic hydroxyl groups is 1. The zero-order chi connectivity index (χ0) is 26.1. The van der Waals surface area contributed by atoms with Gasteiger partial charge in [-0.1, -0.05) is 38.8 Å². The molecule has 0 radical (unpaired) electrons. The molecular formula is C29H37FN2O4. The SMILES string of the molecule is CCCCN(CCCC)CCCN1C(=O)C(=O)C(=C(O)c2ccc(OC)cc2)C1c1cccc(F)c1. The van der Waals surface area contributed by atoms with Crippen molar-refractivity contribution in [1.82, 2.24) is 9.80 Å². The van der Waals surface area contributed by atoms with Gasteiger partial charge in [0, 0.05) is 12.1 Å². The topological polar surface area (TPSA) is 70.1 Å². The lowest BCUT2D eigenvalue weighted by atomic mass is 9.95. The second kappa shape index (κ2) is 13.2. The molecular weight excluding hydrogens is 459 g/mol. The highest BCUT2D eigenvalue weighted by Crippen LogP contribution is 2.39. The summed E-state index contributed by atoms with van der Waals surface area (Å²) >= 11 is 0.